The molecule has 0 aromatic carbocycles. The summed E-state index contributed by atoms with van der Waals surface area (Å²) in [6, 6.07) is 0. The topological polar surface area (TPSA) is 166 Å². The zero-order valence-corrected chi connectivity index (χ0v) is 15.3. The van der Waals surface area contributed by atoms with Crippen molar-refractivity contribution in [3.8, 4) is 0 Å². The SMILES string of the molecule is CCCCCCCCc1cnnn1CC(O)(P(=O)(O)O)P(=O)(O)O. The van der Waals surface area contributed by atoms with E-state index in [1.807, 2.05) is 0 Å². The van der Waals surface area contributed by atoms with Gasteiger partial charge in [-0.1, -0.05) is 44.2 Å². The summed E-state index contributed by atoms with van der Waals surface area (Å²) in [5.74, 6) is 0. The molecule has 10 nitrogen and oxygen atoms in total. The molecule has 0 aliphatic heterocycles. The van der Waals surface area contributed by atoms with Crippen LogP contribution in [0, 0.1) is 0 Å². The summed E-state index contributed by atoms with van der Waals surface area (Å²) in [5, 5.41) is 13.6. The number of nitrogens with zero attached hydrogens (tertiary/aromatic N) is 3. The van der Waals surface area contributed by atoms with Crippen molar-refractivity contribution >= 4 is 15.2 Å². The Kier molecular flexibility index (Phi) is 7.75. The van der Waals surface area contributed by atoms with E-state index in [-0.39, 0.29) is 0 Å². The molecule has 1 rings (SSSR count). The second-order valence-corrected chi connectivity index (χ2v) is 9.77. The van der Waals surface area contributed by atoms with Gasteiger partial charge in [0, 0.05) is 0 Å². The number of rotatable bonds is 11. The molecule has 1 heterocycles. The van der Waals surface area contributed by atoms with Gasteiger partial charge in [-0.25, -0.2) is 4.68 Å². The first-order chi connectivity index (χ1) is 11.0. The molecule has 12 heteroatoms. The van der Waals surface area contributed by atoms with Crippen molar-refractivity contribution in [1.29, 1.82) is 0 Å². The van der Waals surface area contributed by atoms with Gasteiger partial charge in [-0.2, -0.15) is 0 Å². The Balaban J connectivity index is 2.77. The van der Waals surface area contributed by atoms with E-state index in [9.17, 15) is 14.2 Å². The average Bonchev–Trinajstić information content (AvgIpc) is 2.87. The third-order valence-electron chi connectivity index (χ3n) is 3.78. The lowest BCUT2D eigenvalue weighted by molar-refractivity contribution is 0.110. The van der Waals surface area contributed by atoms with Gasteiger partial charge in [0.05, 0.1) is 18.4 Å². The molecule has 0 amide bonds. The van der Waals surface area contributed by atoms with Crippen LogP contribution in [0.15, 0.2) is 6.20 Å². The van der Waals surface area contributed by atoms with Crippen LogP contribution in [0.3, 0.4) is 0 Å². The Morgan fingerprint density at radius 3 is 2.12 bits per heavy atom. The molecule has 0 radical (unpaired) electrons. The Morgan fingerprint density at radius 2 is 1.58 bits per heavy atom. The summed E-state index contributed by atoms with van der Waals surface area (Å²) in [6.45, 7) is 1.08. The van der Waals surface area contributed by atoms with E-state index in [2.05, 4.69) is 17.2 Å². The van der Waals surface area contributed by atoms with Crippen molar-refractivity contribution in [3.63, 3.8) is 0 Å². The highest BCUT2D eigenvalue weighted by atomic mass is 31.2. The van der Waals surface area contributed by atoms with Gasteiger partial charge in [0.1, 0.15) is 0 Å². The van der Waals surface area contributed by atoms with Crippen molar-refractivity contribution in [2.45, 2.75) is 63.5 Å². The molecule has 0 unspecified atom stereocenters. The van der Waals surface area contributed by atoms with Crippen molar-refractivity contribution in [2.75, 3.05) is 0 Å². The maximum absolute atomic E-state index is 11.4. The van der Waals surface area contributed by atoms with Crippen LogP contribution in [0.4, 0.5) is 0 Å². The van der Waals surface area contributed by atoms with E-state index in [1.165, 1.54) is 6.20 Å². The van der Waals surface area contributed by atoms with E-state index < -0.39 is 26.8 Å². The molecule has 0 bridgehead atoms. The number of hydrogen-bond donors (Lipinski definition) is 5. The third kappa shape index (κ3) is 5.46. The molecule has 1 aromatic heterocycles. The molecule has 0 atom stereocenters. The van der Waals surface area contributed by atoms with Crippen LogP contribution >= 0.6 is 15.2 Å². The Labute approximate surface area is 140 Å². The highest BCUT2D eigenvalue weighted by Crippen LogP contribution is 2.68. The lowest BCUT2D eigenvalue weighted by Crippen LogP contribution is -2.35. The third-order valence-corrected chi connectivity index (χ3v) is 7.49. The summed E-state index contributed by atoms with van der Waals surface area (Å²) in [5.41, 5.74) is 0.450. The van der Waals surface area contributed by atoms with Gasteiger partial charge in [-0.05, 0) is 12.8 Å². The van der Waals surface area contributed by atoms with Crippen LogP contribution in [-0.2, 0) is 22.1 Å². The van der Waals surface area contributed by atoms with Gasteiger partial charge >= 0.3 is 15.2 Å². The minimum Gasteiger partial charge on any atom is -0.366 e. The fourth-order valence-corrected chi connectivity index (χ4v) is 4.24. The van der Waals surface area contributed by atoms with E-state index in [0.717, 1.165) is 43.2 Å². The Bertz CT molecular complexity index is 588. The fourth-order valence-electron chi connectivity index (χ4n) is 2.25. The number of aromatic nitrogens is 3. The van der Waals surface area contributed by atoms with Crippen LogP contribution < -0.4 is 0 Å². The lowest BCUT2D eigenvalue weighted by Gasteiger charge is -2.29. The summed E-state index contributed by atoms with van der Waals surface area (Å²) in [6.07, 6.45) is 8.06. The van der Waals surface area contributed by atoms with E-state index in [4.69, 9.17) is 19.6 Å². The lowest BCUT2D eigenvalue weighted by atomic mass is 10.1. The monoisotopic (exact) mass is 385 g/mol. The van der Waals surface area contributed by atoms with Crippen LogP contribution in [0.2, 0.25) is 0 Å². The summed E-state index contributed by atoms with van der Waals surface area (Å²) in [4.78, 5) is 36.7. The van der Waals surface area contributed by atoms with Crippen LogP contribution in [0.5, 0.6) is 0 Å². The van der Waals surface area contributed by atoms with Crippen LogP contribution in [0.1, 0.15) is 51.1 Å². The number of hydrogen-bond acceptors (Lipinski definition) is 5. The van der Waals surface area contributed by atoms with Crippen LogP contribution in [-0.4, -0.2) is 44.8 Å². The largest absolute Gasteiger partial charge is 0.371 e. The van der Waals surface area contributed by atoms with Gasteiger partial charge in [-0.3, -0.25) is 9.13 Å². The maximum atomic E-state index is 11.4. The molecule has 0 saturated carbocycles. The number of aliphatic hydroxyl groups is 1. The summed E-state index contributed by atoms with van der Waals surface area (Å²) < 4.78 is 23.7. The predicted octanol–water partition coefficient (Wildman–Crippen LogP) is 1.18. The standard InChI is InChI=1S/C12H25N3O7P2/c1-2-3-4-5-6-7-8-11-9-13-14-15(11)10-12(16,23(17,18)19)24(20,21)22/h9,16H,2-8,10H2,1H3,(H2,17,18,19)(H2,20,21,22). The maximum Gasteiger partial charge on any atom is 0.371 e. The van der Waals surface area contributed by atoms with E-state index in [0.29, 0.717) is 12.1 Å². The Morgan fingerprint density at radius 1 is 1.04 bits per heavy atom. The predicted molar refractivity (Wildman–Crippen MR) is 86.1 cm³/mol. The van der Waals surface area contributed by atoms with Gasteiger partial charge in [-0.15, -0.1) is 5.10 Å². The van der Waals surface area contributed by atoms with Crippen molar-refractivity contribution in [3.05, 3.63) is 11.9 Å². The normalized spacial score (nSPS) is 13.4. The molecule has 0 aliphatic rings. The molecule has 24 heavy (non-hydrogen) atoms. The molecule has 140 valence electrons. The second kappa shape index (κ2) is 8.67. The first-order valence-electron chi connectivity index (χ1n) is 7.74. The minimum atomic E-state index is -5.51. The van der Waals surface area contributed by atoms with E-state index >= 15 is 0 Å². The van der Waals surface area contributed by atoms with Crippen molar-refractivity contribution in [1.82, 2.24) is 15.0 Å². The van der Waals surface area contributed by atoms with E-state index in [1.54, 1.807) is 0 Å². The van der Waals surface area contributed by atoms with Gasteiger partial charge in [0.25, 0.3) is 5.08 Å². The zero-order chi connectivity index (χ0) is 18.4. The van der Waals surface area contributed by atoms with Crippen LogP contribution in [0.25, 0.3) is 0 Å². The zero-order valence-electron chi connectivity index (χ0n) is 13.5. The van der Waals surface area contributed by atoms with Gasteiger partial charge < -0.3 is 24.7 Å². The summed E-state index contributed by atoms with van der Waals surface area (Å²) in [7, 11) is -11.0. The number of aryl methyl sites for hydroxylation is 1. The number of unbranched alkanes of at least 4 members (excludes halogenated alkanes) is 5. The van der Waals surface area contributed by atoms with Crippen molar-refractivity contribution < 1.29 is 33.8 Å². The molecule has 0 spiro atoms. The first kappa shape index (κ1) is 21.4. The summed E-state index contributed by atoms with van der Waals surface area (Å²) >= 11 is 0. The molecule has 0 aliphatic carbocycles. The average molecular weight is 385 g/mol. The molecule has 0 saturated heterocycles. The molecule has 0 fully saturated rings. The van der Waals surface area contributed by atoms with Crippen molar-refractivity contribution in [2.24, 2.45) is 0 Å². The quantitative estimate of drug-likeness (QED) is 0.278. The van der Waals surface area contributed by atoms with Gasteiger partial charge in [0.15, 0.2) is 0 Å². The molecule has 5 N–H and O–H groups in total. The highest BCUT2D eigenvalue weighted by molar-refractivity contribution is 7.72. The first-order valence-corrected chi connectivity index (χ1v) is 11.0. The fraction of sp³-hybridized carbons (Fsp3) is 0.833. The Hall–Kier alpha value is -0.600. The highest BCUT2D eigenvalue weighted by Gasteiger charge is 2.60. The molecular formula is C12H25N3O7P2. The van der Waals surface area contributed by atoms with Gasteiger partial charge in [0.2, 0.25) is 0 Å². The second-order valence-electron chi connectivity index (χ2n) is 5.76. The molecular weight excluding hydrogens is 360 g/mol. The smallest absolute Gasteiger partial charge is 0.366 e. The molecule has 1 aromatic rings. The minimum absolute atomic E-state index is 0.450.